The molecule has 7 rings (SSSR count). The van der Waals surface area contributed by atoms with Crippen LogP contribution in [0, 0.1) is 12.8 Å². The maximum Gasteiger partial charge on any atom is 0.414 e. The lowest BCUT2D eigenvalue weighted by molar-refractivity contribution is 0.173. The summed E-state index contributed by atoms with van der Waals surface area (Å²) in [6, 6.07) is 45.6. The Bertz CT molecular complexity index is 1700. The Morgan fingerprint density at radius 3 is 2.05 bits per heavy atom. The van der Waals surface area contributed by atoms with E-state index in [1.54, 1.807) is 5.57 Å². The molecular formula is C38H37BO. The SMILES string of the molecule is Cc1ccc([B-]2(c3ccccc3)C(c3ccc4ccccc4c3)=C(C3CCCCC3)c3ccccc3[O+]2C)cc1. The molecule has 1 saturated carbocycles. The van der Waals surface area contributed by atoms with Crippen molar-refractivity contribution in [1.29, 1.82) is 0 Å². The van der Waals surface area contributed by atoms with Crippen LogP contribution >= 0.6 is 0 Å². The summed E-state index contributed by atoms with van der Waals surface area (Å²) in [6.07, 6.45) is 4.90. The van der Waals surface area contributed by atoms with Crippen LogP contribution in [0.4, 0.5) is 0 Å². The largest absolute Gasteiger partial charge is 0.810 e. The van der Waals surface area contributed by atoms with Gasteiger partial charge in [-0.15, -0.1) is 10.9 Å². The summed E-state index contributed by atoms with van der Waals surface area (Å²) in [6.45, 7) is 2.19. The highest BCUT2D eigenvalue weighted by Gasteiger charge is 2.52. The first-order valence-corrected chi connectivity index (χ1v) is 14.9. The minimum absolute atomic E-state index is 0.543. The van der Waals surface area contributed by atoms with Crippen LogP contribution in [-0.2, 0) is 4.28 Å². The molecule has 0 aromatic heterocycles. The quantitative estimate of drug-likeness (QED) is 0.164. The van der Waals surface area contributed by atoms with Crippen LogP contribution in [0.3, 0.4) is 0 Å². The minimum atomic E-state index is -1.56. The molecule has 2 aliphatic rings. The molecule has 5 aromatic rings. The third-order valence-electron chi connectivity index (χ3n) is 9.64. The maximum absolute atomic E-state index is 3.78. The van der Waals surface area contributed by atoms with E-state index >= 15 is 0 Å². The van der Waals surface area contributed by atoms with Gasteiger partial charge in [-0.2, -0.15) is 0 Å². The molecule has 40 heavy (non-hydrogen) atoms. The van der Waals surface area contributed by atoms with Gasteiger partial charge in [0.25, 0.3) is 0 Å². The molecule has 0 radical (unpaired) electrons. The smallest absolute Gasteiger partial charge is 0.414 e. The fraction of sp³-hybridized carbons (Fsp3) is 0.211. The van der Waals surface area contributed by atoms with Gasteiger partial charge in [-0.25, -0.2) is 0 Å². The van der Waals surface area contributed by atoms with Crippen LogP contribution in [0.15, 0.2) is 121 Å². The van der Waals surface area contributed by atoms with Gasteiger partial charge in [0.2, 0.25) is 5.75 Å². The molecule has 1 atom stereocenters. The highest BCUT2D eigenvalue weighted by atomic mass is 16.6. The fourth-order valence-electron chi connectivity index (χ4n) is 7.77. The zero-order valence-electron chi connectivity index (χ0n) is 23.6. The first kappa shape index (κ1) is 25.0. The van der Waals surface area contributed by atoms with Gasteiger partial charge in [-0.1, -0.05) is 139 Å². The molecule has 198 valence electrons. The van der Waals surface area contributed by atoms with Gasteiger partial charge in [0.05, 0.1) is 5.56 Å². The number of fused-ring (bicyclic) bond motifs is 2. The fourth-order valence-corrected chi connectivity index (χ4v) is 7.77. The van der Waals surface area contributed by atoms with Gasteiger partial charge in [0, 0.05) is 6.07 Å². The number of hydrogen-bond donors (Lipinski definition) is 0. The van der Waals surface area contributed by atoms with Gasteiger partial charge in [-0.3, -0.25) is 0 Å². The van der Waals surface area contributed by atoms with E-state index in [9.17, 15) is 0 Å². The van der Waals surface area contributed by atoms with Crippen LogP contribution in [0.5, 0.6) is 5.75 Å². The van der Waals surface area contributed by atoms with Crippen LogP contribution in [-0.4, -0.2) is 13.5 Å². The monoisotopic (exact) mass is 520 g/mol. The second-order valence-electron chi connectivity index (χ2n) is 11.9. The minimum Gasteiger partial charge on any atom is -0.810 e. The highest BCUT2D eigenvalue weighted by Crippen LogP contribution is 2.54. The lowest BCUT2D eigenvalue weighted by Gasteiger charge is -2.56. The van der Waals surface area contributed by atoms with Crippen LogP contribution < -0.4 is 10.9 Å². The summed E-state index contributed by atoms with van der Waals surface area (Å²) in [5.41, 5.74) is 9.71. The van der Waals surface area contributed by atoms with Gasteiger partial charge >= 0.3 is 6.35 Å². The van der Waals surface area contributed by atoms with E-state index in [4.69, 9.17) is 0 Å². The molecule has 0 N–H and O–H groups in total. The lowest BCUT2D eigenvalue weighted by atomic mass is 9.25. The molecule has 0 bridgehead atoms. The predicted octanol–water partition coefficient (Wildman–Crippen LogP) is 8.85. The zero-order chi connectivity index (χ0) is 27.1. The third kappa shape index (κ3) is 3.93. The molecule has 0 amide bonds. The maximum atomic E-state index is 3.78. The van der Waals surface area contributed by atoms with Crippen molar-refractivity contribution in [3.05, 3.63) is 138 Å². The van der Waals surface area contributed by atoms with Gasteiger partial charge in [-0.05, 0) is 54.2 Å². The molecule has 1 aliphatic carbocycles. The Labute approximate surface area is 238 Å². The predicted molar refractivity (Wildman–Crippen MR) is 173 cm³/mol. The van der Waals surface area contributed by atoms with E-state index in [-0.39, 0.29) is 0 Å². The topological polar surface area (TPSA) is 2.70 Å². The molecule has 1 fully saturated rings. The van der Waals surface area contributed by atoms with E-state index < -0.39 is 6.35 Å². The number of benzene rings is 5. The second kappa shape index (κ2) is 10.2. The zero-order valence-corrected chi connectivity index (χ0v) is 23.6. The Hall–Kier alpha value is -4.04. The number of rotatable bonds is 4. The summed E-state index contributed by atoms with van der Waals surface area (Å²) in [5.74, 6) is 1.80. The molecule has 1 unspecified atom stereocenters. The number of para-hydroxylation sites is 1. The van der Waals surface area contributed by atoms with Gasteiger partial charge < -0.3 is 4.28 Å². The normalized spacial score (nSPS) is 19.6. The molecule has 1 heterocycles. The molecule has 0 spiro atoms. The van der Waals surface area contributed by atoms with Crippen LogP contribution in [0.1, 0.15) is 48.8 Å². The molecule has 1 aliphatic heterocycles. The molecule has 0 saturated heterocycles. The summed E-state index contributed by atoms with van der Waals surface area (Å²) in [7, 11) is 2.25. The lowest BCUT2D eigenvalue weighted by Crippen LogP contribution is -2.66. The van der Waals surface area contributed by atoms with Crippen molar-refractivity contribution in [2.45, 2.75) is 39.0 Å². The Kier molecular flexibility index (Phi) is 6.35. The summed E-state index contributed by atoms with van der Waals surface area (Å²) < 4.78 is 3.78. The number of hydrogen-bond acceptors (Lipinski definition) is 0. The first-order valence-electron chi connectivity index (χ1n) is 14.9. The number of allylic oxidation sites excluding steroid dienone is 1. The molecule has 5 aromatic carbocycles. The average molecular weight is 521 g/mol. The summed E-state index contributed by atoms with van der Waals surface area (Å²) >= 11 is 0. The van der Waals surface area contributed by atoms with E-state index in [1.165, 1.54) is 81.7 Å². The van der Waals surface area contributed by atoms with Crippen molar-refractivity contribution < 1.29 is 4.28 Å². The van der Waals surface area contributed by atoms with Crippen molar-refractivity contribution in [3.8, 4) is 5.75 Å². The van der Waals surface area contributed by atoms with Crippen LogP contribution in [0.2, 0.25) is 0 Å². The Morgan fingerprint density at radius 2 is 1.27 bits per heavy atom. The first-order chi connectivity index (χ1) is 19.7. The van der Waals surface area contributed by atoms with E-state index in [1.807, 2.05) is 0 Å². The standard InChI is InChI=1S/C38H37BO/c1-28-21-25-34(26-22-28)39(33-17-7-4-8-18-33)38(32-24-23-29-13-9-10-16-31(29)27-32)37(30-14-5-3-6-15-30)35-19-11-12-20-36(35)40(39)2/h4,7-13,16-27,30H,3,5-6,14-15H2,1-2H3. The average Bonchev–Trinajstić information content (AvgIpc) is 3.02. The number of aryl methyl sites for hydroxylation is 1. The van der Waals surface area contributed by atoms with Crippen molar-refractivity contribution in [2.75, 3.05) is 7.11 Å². The Balaban J connectivity index is 1.66. The van der Waals surface area contributed by atoms with Crippen molar-refractivity contribution in [1.82, 2.24) is 0 Å². The summed E-state index contributed by atoms with van der Waals surface area (Å²) in [5, 5.41) is 2.58. The van der Waals surface area contributed by atoms with Gasteiger partial charge in [0.15, 0.2) is 0 Å². The third-order valence-corrected chi connectivity index (χ3v) is 9.64. The Morgan fingerprint density at radius 1 is 0.625 bits per heavy atom. The second-order valence-corrected chi connectivity index (χ2v) is 11.9. The molecule has 2 heteroatoms. The van der Waals surface area contributed by atoms with E-state index in [2.05, 4.69) is 140 Å². The van der Waals surface area contributed by atoms with Crippen LogP contribution in [0.25, 0.3) is 21.8 Å². The summed E-state index contributed by atoms with van der Waals surface area (Å²) in [4.78, 5) is 0. The van der Waals surface area contributed by atoms with Crippen molar-refractivity contribution in [2.24, 2.45) is 5.92 Å². The highest BCUT2D eigenvalue weighted by molar-refractivity contribution is 7.12. The van der Waals surface area contributed by atoms with Crippen molar-refractivity contribution in [3.63, 3.8) is 0 Å². The van der Waals surface area contributed by atoms with E-state index in [0.29, 0.717) is 5.92 Å². The van der Waals surface area contributed by atoms with Gasteiger partial charge in [0.1, 0.15) is 7.11 Å². The molecular weight excluding hydrogens is 483 g/mol. The van der Waals surface area contributed by atoms with E-state index in [0.717, 1.165) is 0 Å². The molecule has 1 nitrogen and oxygen atoms in total. The van der Waals surface area contributed by atoms with Crippen molar-refractivity contribution >= 4 is 39.1 Å².